The average Bonchev–Trinajstić information content (AvgIpc) is 3.01. The number of likely N-dealkylation sites (N-methyl/N-ethyl adjacent to an activating group) is 2. The number of benzene rings is 1. The Balaban J connectivity index is 1.69. The second-order valence-corrected chi connectivity index (χ2v) is 4.98. The number of aromatic nitrogens is 4. The third-order valence-electron chi connectivity index (χ3n) is 3.53. The number of nitrogens with zero attached hydrogens (tertiary/aromatic N) is 5. The molecule has 0 saturated heterocycles. The number of nitrogens with one attached hydrogen (secondary N) is 1. The van der Waals surface area contributed by atoms with E-state index in [4.69, 9.17) is 0 Å². The van der Waals surface area contributed by atoms with E-state index in [9.17, 15) is 0 Å². The molecule has 0 atom stereocenters. The SMILES string of the molecule is CN(CCN(C)c1ncnc2nc[nH]c12)c1ccccc1. The summed E-state index contributed by atoms with van der Waals surface area (Å²) in [5.41, 5.74) is 2.78. The largest absolute Gasteiger partial charge is 0.373 e. The molecule has 0 bridgehead atoms. The van der Waals surface area contributed by atoms with Crippen molar-refractivity contribution >= 4 is 22.7 Å². The molecule has 0 aliphatic heterocycles. The van der Waals surface area contributed by atoms with Crippen LogP contribution in [0.3, 0.4) is 0 Å². The zero-order valence-electron chi connectivity index (χ0n) is 12.2. The minimum Gasteiger partial charge on any atom is -0.373 e. The Kier molecular flexibility index (Phi) is 3.68. The van der Waals surface area contributed by atoms with Gasteiger partial charge in [0.05, 0.1) is 6.33 Å². The van der Waals surface area contributed by atoms with Crippen molar-refractivity contribution < 1.29 is 0 Å². The van der Waals surface area contributed by atoms with Crippen molar-refractivity contribution in [2.45, 2.75) is 0 Å². The van der Waals surface area contributed by atoms with Crippen LogP contribution in [-0.4, -0.2) is 47.1 Å². The van der Waals surface area contributed by atoms with Gasteiger partial charge in [0, 0.05) is 32.9 Å². The molecule has 3 rings (SSSR count). The predicted molar refractivity (Wildman–Crippen MR) is 84.7 cm³/mol. The van der Waals surface area contributed by atoms with Gasteiger partial charge in [0.25, 0.3) is 0 Å². The average molecular weight is 282 g/mol. The normalized spacial score (nSPS) is 10.8. The van der Waals surface area contributed by atoms with Gasteiger partial charge < -0.3 is 14.8 Å². The molecular weight excluding hydrogens is 264 g/mol. The number of aromatic amines is 1. The van der Waals surface area contributed by atoms with Crippen LogP contribution < -0.4 is 9.80 Å². The molecule has 0 unspecified atom stereocenters. The van der Waals surface area contributed by atoms with Crippen LogP contribution in [0.25, 0.3) is 11.2 Å². The highest BCUT2D eigenvalue weighted by atomic mass is 15.2. The number of anilines is 2. The van der Waals surface area contributed by atoms with Crippen LogP contribution in [0.4, 0.5) is 11.5 Å². The Morgan fingerprint density at radius 1 is 0.952 bits per heavy atom. The first-order chi connectivity index (χ1) is 10.3. The molecule has 0 radical (unpaired) electrons. The summed E-state index contributed by atoms with van der Waals surface area (Å²) in [6, 6.07) is 10.3. The van der Waals surface area contributed by atoms with Crippen LogP contribution in [0.15, 0.2) is 43.0 Å². The first kappa shape index (κ1) is 13.4. The van der Waals surface area contributed by atoms with E-state index in [-0.39, 0.29) is 0 Å². The fourth-order valence-electron chi connectivity index (χ4n) is 2.26. The Morgan fingerprint density at radius 3 is 2.52 bits per heavy atom. The lowest BCUT2D eigenvalue weighted by Gasteiger charge is -2.24. The van der Waals surface area contributed by atoms with E-state index in [1.807, 2.05) is 25.2 Å². The number of H-pyrrole nitrogens is 1. The smallest absolute Gasteiger partial charge is 0.182 e. The summed E-state index contributed by atoms with van der Waals surface area (Å²) in [4.78, 5) is 20.1. The van der Waals surface area contributed by atoms with Crippen LogP contribution in [-0.2, 0) is 0 Å². The van der Waals surface area contributed by atoms with Crippen molar-refractivity contribution in [2.24, 2.45) is 0 Å². The van der Waals surface area contributed by atoms with Crippen molar-refractivity contribution in [3.8, 4) is 0 Å². The van der Waals surface area contributed by atoms with Crippen molar-refractivity contribution in [3.63, 3.8) is 0 Å². The van der Waals surface area contributed by atoms with Gasteiger partial charge in [0.15, 0.2) is 11.5 Å². The van der Waals surface area contributed by atoms with Crippen molar-refractivity contribution in [3.05, 3.63) is 43.0 Å². The van der Waals surface area contributed by atoms with Gasteiger partial charge in [0.2, 0.25) is 0 Å². The maximum absolute atomic E-state index is 4.35. The molecule has 1 N–H and O–H groups in total. The highest BCUT2D eigenvalue weighted by Gasteiger charge is 2.11. The topological polar surface area (TPSA) is 60.9 Å². The number of hydrogen-bond donors (Lipinski definition) is 1. The first-order valence-electron chi connectivity index (χ1n) is 6.87. The highest BCUT2D eigenvalue weighted by molar-refractivity contribution is 5.82. The van der Waals surface area contributed by atoms with E-state index in [2.05, 4.69) is 48.9 Å². The van der Waals surface area contributed by atoms with Gasteiger partial charge in [-0.2, -0.15) is 0 Å². The van der Waals surface area contributed by atoms with E-state index >= 15 is 0 Å². The summed E-state index contributed by atoms with van der Waals surface area (Å²) in [5, 5.41) is 0. The molecule has 1 aromatic carbocycles. The molecule has 6 heteroatoms. The molecule has 0 saturated carbocycles. The minimum atomic E-state index is 0.697. The lowest BCUT2D eigenvalue weighted by atomic mass is 10.3. The molecule has 0 spiro atoms. The van der Waals surface area contributed by atoms with Crippen LogP contribution in [0.1, 0.15) is 0 Å². The van der Waals surface area contributed by atoms with Crippen LogP contribution >= 0.6 is 0 Å². The van der Waals surface area contributed by atoms with Gasteiger partial charge in [-0.25, -0.2) is 15.0 Å². The molecule has 2 heterocycles. The second-order valence-electron chi connectivity index (χ2n) is 4.98. The Morgan fingerprint density at radius 2 is 1.71 bits per heavy atom. The van der Waals surface area contributed by atoms with Gasteiger partial charge in [-0.1, -0.05) is 18.2 Å². The Labute approximate surface area is 123 Å². The second kappa shape index (κ2) is 5.78. The number of imidazole rings is 1. The third-order valence-corrected chi connectivity index (χ3v) is 3.53. The van der Waals surface area contributed by atoms with Gasteiger partial charge >= 0.3 is 0 Å². The molecule has 0 aliphatic rings. The van der Waals surface area contributed by atoms with Gasteiger partial charge in [-0.3, -0.25) is 0 Å². The lowest BCUT2D eigenvalue weighted by Crippen LogP contribution is -2.31. The van der Waals surface area contributed by atoms with Crippen LogP contribution in [0.5, 0.6) is 0 Å². The molecular formula is C15H18N6. The van der Waals surface area contributed by atoms with Gasteiger partial charge in [-0.15, -0.1) is 0 Å². The number of rotatable bonds is 5. The standard InChI is InChI=1S/C15H18N6/c1-20(12-6-4-3-5-7-12)8-9-21(2)15-13-14(17-10-16-13)18-11-19-15/h3-7,10-11H,8-9H2,1-2H3,(H,16,17,18,19). The van der Waals surface area contributed by atoms with Crippen molar-refractivity contribution in [2.75, 3.05) is 37.0 Å². The molecule has 21 heavy (non-hydrogen) atoms. The summed E-state index contributed by atoms with van der Waals surface area (Å²) in [6.45, 7) is 1.76. The summed E-state index contributed by atoms with van der Waals surface area (Å²) in [7, 11) is 4.12. The predicted octanol–water partition coefficient (Wildman–Crippen LogP) is 1.93. The third kappa shape index (κ3) is 2.79. The molecule has 0 fully saturated rings. The van der Waals surface area contributed by atoms with Gasteiger partial charge in [0.1, 0.15) is 11.8 Å². The molecule has 0 amide bonds. The summed E-state index contributed by atoms with van der Waals surface area (Å²) >= 11 is 0. The summed E-state index contributed by atoms with van der Waals surface area (Å²) < 4.78 is 0. The summed E-state index contributed by atoms with van der Waals surface area (Å²) in [5.74, 6) is 0.874. The first-order valence-corrected chi connectivity index (χ1v) is 6.87. The van der Waals surface area contributed by atoms with E-state index < -0.39 is 0 Å². The maximum Gasteiger partial charge on any atom is 0.182 e. The Hall–Kier alpha value is -2.63. The number of hydrogen-bond acceptors (Lipinski definition) is 5. The van der Waals surface area contributed by atoms with Crippen molar-refractivity contribution in [1.82, 2.24) is 19.9 Å². The summed E-state index contributed by atoms with van der Waals surface area (Å²) in [6.07, 6.45) is 3.20. The van der Waals surface area contributed by atoms with Crippen LogP contribution in [0, 0.1) is 0 Å². The molecule has 0 aliphatic carbocycles. The number of para-hydroxylation sites is 1. The maximum atomic E-state index is 4.35. The zero-order chi connectivity index (χ0) is 14.7. The van der Waals surface area contributed by atoms with Crippen molar-refractivity contribution in [1.29, 1.82) is 0 Å². The Bertz CT molecular complexity index is 708. The van der Waals surface area contributed by atoms with E-state index in [0.717, 1.165) is 24.4 Å². The molecule has 6 nitrogen and oxygen atoms in total. The van der Waals surface area contributed by atoms with Gasteiger partial charge in [-0.05, 0) is 12.1 Å². The number of fused-ring (bicyclic) bond motifs is 1. The quantitative estimate of drug-likeness (QED) is 0.774. The van der Waals surface area contributed by atoms with E-state index in [1.165, 1.54) is 5.69 Å². The molecule has 3 aromatic rings. The van der Waals surface area contributed by atoms with Crippen LogP contribution in [0.2, 0.25) is 0 Å². The lowest BCUT2D eigenvalue weighted by molar-refractivity contribution is 0.823. The monoisotopic (exact) mass is 282 g/mol. The minimum absolute atomic E-state index is 0.697. The molecule has 2 aromatic heterocycles. The molecule has 108 valence electrons. The highest BCUT2D eigenvalue weighted by Crippen LogP contribution is 2.18. The fraction of sp³-hybridized carbons (Fsp3) is 0.267. The van der Waals surface area contributed by atoms with E-state index in [1.54, 1.807) is 12.7 Å². The fourth-order valence-corrected chi connectivity index (χ4v) is 2.26. The van der Waals surface area contributed by atoms with E-state index in [0.29, 0.717) is 5.65 Å². The zero-order valence-corrected chi connectivity index (χ0v) is 12.2.